The summed E-state index contributed by atoms with van der Waals surface area (Å²) in [5, 5.41) is 3.13. The van der Waals surface area contributed by atoms with E-state index in [2.05, 4.69) is 81.4 Å². The van der Waals surface area contributed by atoms with Crippen LogP contribution in [0.4, 0.5) is 0 Å². The van der Waals surface area contributed by atoms with Crippen molar-refractivity contribution in [1.82, 2.24) is 0 Å². The maximum Gasteiger partial charge on any atom is 0.261 e. The quantitative estimate of drug-likeness (QED) is 0.377. The monoisotopic (exact) mass is 450 g/mol. The second kappa shape index (κ2) is 10.9. The van der Waals surface area contributed by atoms with Crippen molar-refractivity contribution in [2.45, 2.75) is 32.4 Å². The summed E-state index contributed by atoms with van der Waals surface area (Å²) in [6.07, 6.45) is 1.94. The molecule has 0 heterocycles. The van der Waals surface area contributed by atoms with Gasteiger partial charge in [0, 0.05) is 5.03 Å². The fourth-order valence-electron chi connectivity index (χ4n) is 3.92. The van der Waals surface area contributed by atoms with Crippen LogP contribution in [0, 0.1) is 0 Å². The Balaban J connectivity index is 1.77. The van der Waals surface area contributed by atoms with Gasteiger partial charge in [-0.25, -0.2) is 0 Å². The average molecular weight is 451 g/mol. The molecule has 0 radical (unpaired) electrons. The molecule has 0 saturated heterocycles. The van der Waals surface area contributed by atoms with E-state index < -0.39 is 8.32 Å². The average Bonchev–Trinajstić information content (AvgIpc) is 2.78. The Morgan fingerprint density at radius 1 is 0.806 bits per heavy atom. The summed E-state index contributed by atoms with van der Waals surface area (Å²) in [6, 6.07) is 31.4. The third-order valence-electron chi connectivity index (χ3n) is 5.37. The molecule has 0 fully saturated rings. The molecule has 3 rings (SSSR count). The van der Waals surface area contributed by atoms with Gasteiger partial charge in [0.1, 0.15) is 0 Å². The Morgan fingerprint density at radius 3 is 1.77 bits per heavy atom. The van der Waals surface area contributed by atoms with Gasteiger partial charge in [0.2, 0.25) is 0 Å². The molecule has 3 aromatic carbocycles. The van der Waals surface area contributed by atoms with Crippen LogP contribution >= 0.6 is 11.6 Å². The number of rotatable bonds is 9. The lowest BCUT2D eigenvalue weighted by Gasteiger charge is -2.42. The highest BCUT2D eigenvalue weighted by Crippen LogP contribution is 2.36. The molecule has 162 valence electrons. The van der Waals surface area contributed by atoms with Crippen LogP contribution in [0.5, 0.6) is 0 Å². The minimum absolute atomic E-state index is 0.0557. The maximum atomic E-state index is 6.82. The molecule has 0 amide bonds. The first-order valence-electron chi connectivity index (χ1n) is 10.6. The lowest BCUT2D eigenvalue weighted by molar-refractivity contribution is 0.146. The molecule has 0 N–H and O–H groups in total. The number of benzene rings is 3. The van der Waals surface area contributed by atoms with Crippen LogP contribution in [0.2, 0.25) is 5.04 Å². The summed E-state index contributed by atoms with van der Waals surface area (Å²) < 4.78 is 12.6. The molecule has 4 heteroatoms. The molecule has 2 nitrogen and oxygen atoms in total. The number of ether oxygens (including phenoxy) is 1. The summed E-state index contributed by atoms with van der Waals surface area (Å²) >= 11 is 6.45. The van der Waals surface area contributed by atoms with Crippen molar-refractivity contribution < 1.29 is 9.16 Å². The number of hydrogen-bond acceptors (Lipinski definition) is 2. The molecule has 31 heavy (non-hydrogen) atoms. The van der Waals surface area contributed by atoms with Crippen molar-refractivity contribution in [3.8, 4) is 0 Å². The minimum atomic E-state index is -2.54. The predicted molar refractivity (Wildman–Crippen MR) is 134 cm³/mol. The van der Waals surface area contributed by atoms with Gasteiger partial charge in [-0.3, -0.25) is 0 Å². The van der Waals surface area contributed by atoms with Gasteiger partial charge >= 0.3 is 0 Å². The molecule has 0 aliphatic heterocycles. The van der Waals surface area contributed by atoms with Gasteiger partial charge in [-0.05, 0) is 27.1 Å². The van der Waals surface area contributed by atoms with Crippen molar-refractivity contribution >= 4 is 30.3 Å². The van der Waals surface area contributed by atoms with Crippen molar-refractivity contribution in [2.24, 2.45) is 0 Å². The van der Waals surface area contributed by atoms with Gasteiger partial charge in [-0.15, -0.1) is 0 Å². The zero-order valence-electron chi connectivity index (χ0n) is 18.6. The SMILES string of the molecule is CC(C)(C)[Si](OC/C=C(/Cl)COCc1ccccc1)(c1ccccc1)c1ccccc1. The molecule has 0 saturated carbocycles. The third kappa shape index (κ3) is 5.96. The van der Waals surface area contributed by atoms with Crippen molar-refractivity contribution in [2.75, 3.05) is 13.2 Å². The van der Waals surface area contributed by atoms with E-state index in [0.717, 1.165) is 5.56 Å². The molecule has 3 aromatic rings. The molecule has 0 aliphatic carbocycles. The Hall–Kier alpha value is -2.17. The molecule has 0 spiro atoms. The Labute approximate surface area is 192 Å². The summed E-state index contributed by atoms with van der Waals surface area (Å²) in [4.78, 5) is 0. The number of hydrogen-bond donors (Lipinski definition) is 0. The highest BCUT2D eigenvalue weighted by atomic mass is 35.5. The zero-order valence-corrected chi connectivity index (χ0v) is 20.3. The van der Waals surface area contributed by atoms with Crippen LogP contribution in [0.1, 0.15) is 26.3 Å². The van der Waals surface area contributed by atoms with Gasteiger partial charge in [-0.1, -0.05) is 123 Å². The van der Waals surface area contributed by atoms with Gasteiger partial charge in [0.25, 0.3) is 8.32 Å². The molecule has 0 atom stereocenters. The summed E-state index contributed by atoms with van der Waals surface area (Å²) in [5.41, 5.74) is 1.13. The van der Waals surface area contributed by atoms with Gasteiger partial charge in [-0.2, -0.15) is 0 Å². The topological polar surface area (TPSA) is 18.5 Å². The van der Waals surface area contributed by atoms with Crippen LogP contribution < -0.4 is 10.4 Å². The molecule has 0 aliphatic rings. The van der Waals surface area contributed by atoms with Crippen LogP contribution in [-0.4, -0.2) is 21.5 Å². The normalized spacial score (nSPS) is 12.7. The van der Waals surface area contributed by atoms with Gasteiger partial charge in [0.05, 0.1) is 19.8 Å². The molecular formula is C27H31ClO2Si. The largest absolute Gasteiger partial charge is 0.404 e. The van der Waals surface area contributed by atoms with Gasteiger partial charge < -0.3 is 9.16 Å². The van der Waals surface area contributed by atoms with E-state index >= 15 is 0 Å². The van der Waals surface area contributed by atoms with Gasteiger partial charge in [0.15, 0.2) is 0 Å². The summed E-state index contributed by atoms with van der Waals surface area (Å²) in [5.74, 6) is 0. The Bertz CT molecular complexity index is 911. The predicted octanol–water partition coefficient (Wildman–Crippen LogP) is 5.90. The first-order chi connectivity index (χ1) is 14.9. The second-order valence-corrected chi connectivity index (χ2v) is 13.4. The zero-order chi connectivity index (χ0) is 22.2. The second-order valence-electron chi connectivity index (χ2n) is 8.60. The summed E-state index contributed by atoms with van der Waals surface area (Å²) in [7, 11) is -2.54. The van der Waals surface area contributed by atoms with Crippen molar-refractivity contribution in [1.29, 1.82) is 0 Å². The molecule has 0 aromatic heterocycles. The molecule has 0 bridgehead atoms. The first-order valence-corrected chi connectivity index (χ1v) is 12.9. The van der Waals surface area contributed by atoms with Crippen LogP contribution in [0.25, 0.3) is 0 Å². The van der Waals surface area contributed by atoms with Crippen LogP contribution in [-0.2, 0) is 15.8 Å². The van der Waals surface area contributed by atoms with E-state index in [9.17, 15) is 0 Å². The maximum absolute atomic E-state index is 6.82. The smallest absolute Gasteiger partial charge is 0.261 e. The molecular weight excluding hydrogens is 420 g/mol. The third-order valence-corrected chi connectivity index (χ3v) is 10.6. The highest BCUT2D eigenvalue weighted by molar-refractivity contribution is 6.99. The van der Waals surface area contributed by atoms with Crippen molar-refractivity contribution in [3.05, 3.63) is 108 Å². The fraction of sp³-hybridized carbons (Fsp3) is 0.259. The van der Waals surface area contributed by atoms with E-state index in [1.54, 1.807) is 0 Å². The number of halogens is 1. The Kier molecular flexibility index (Phi) is 8.27. The van der Waals surface area contributed by atoms with Crippen LogP contribution in [0.3, 0.4) is 0 Å². The Morgan fingerprint density at radius 2 is 1.29 bits per heavy atom. The lowest BCUT2D eigenvalue weighted by atomic mass is 10.2. The van der Waals surface area contributed by atoms with E-state index in [1.807, 2.05) is 36.4 Å². The minimum Gasteiger partial charge on any atom is -0.404 e. The first kappa shape index (κ1) is 23.5. The standard InChI is InChI=1S/C27H31ClO2Si/c1-27(2,3)31(25-15-9-5-10-16-25,26-17-11-6-12-18-26)30-20-19-24(28)22-29-21-23-13-7-4-8-14-23/h4-19H,20-22H2,1-3H3/b24-19+. The fourth-order valence-corrected chi connectivity index (χ4v) is 8.55. The van der Waals surface area contributed by atoms with E-state index in [0.29, 0.717) is 24.9 Å². The lowest BCUT2D eigenvalue weighted by Crippen LogP contribution is -2.66. The molecule has 0 unspecified atom stereocenters. The van der Waals surface area contributed by atoms with Crippen molar-refractivity contribution in [3.63, 3.8) is 0 Å². The van der Waals surface area contributed by atoms with E-state index in [-0.39, 0.29) is 5.04 Å². The van der Waals surface area contributed by atoms with Crippen LogP contribution in [0.15, 0.2) is 102 Å². The summed E-state index contributed by atoms with van der Waals surface area (Å²) in [6.45, 7) is 8.18. The van der Waals surface area contributed by atoms with E-state index in [4.69, 9.17) is 20.8 Å². The van der Waals surface area contributed by atoms with E-state index in [1.165, 1.54) is 10.4 Å². The highest BCUT2D eigenvalue weighted by Gasteiger charge is 2.49.